The van der Waals surface area contributed by atoms with Gasteiger partial charge in [-0.05, 0) is 17.7 Å². The van der Waals surface area contributed by atoms with Gasteiger partial charge in [-0.15, -0.1) is 0 Å². The highest BCUT2D eigenvalue weighted by Crippen LogP contribution is 2.51. The lowest BCUT2D eigenvalue weighted by Crippen LogP contribution is -2.38. The number of hydrogen-bond acceptors (Lipinski definition) is 3. The SMILES string of the molecule is COc1ccc(C(O)[C@@]2(C(F)(F)F)CO2)cc1. The van der Waals surface area contributed by atoms with Crippen molar-refractivity contribution in [2.75, 3.05) is 13.7 Å². The minimum Gasteiger partial charge on any atom is -0.497 e. The molecule has 1 saturated heterocycles. The monoisotopic (exact) mass is 248 g/mol. The van der Waals surface area contributed by atoms with Crippen LogP contribution in [0.2, 0.25) is 0 Å². The van der Waals surface area contributed by atoms with Crippen molar-refractivity contribution in [2.24, 2.45) is 0 Å². The van der Waals surface area contributed by atoms with Gasteiger partial charge in [0.1, 0.15) is 11.9 Å². The van der Waals surface area contributed by atoms with Crippen molar-refractivity contribution in [2.45, 2.75) is 17.9 Å². The normalized spacial score (nSPS) is 25.5. The Morgan fingerprint density at radius 2 is 1.88 bits per heavy atom. The molecule has 1 heterocycles. The maximum absolute atomic E-state index is 12.7. The van der Waals surface area contributed by atoms with Gasteiger partial charge in [0.05, 0.1) is 13.7 Å². The van der Waals surface area contributed by atoms with Crippen LogP contribution in [0, 0.1) is 0 Å². The Balaban J connectivity index is 2.22. The molecule has 1 aliphatic rings. The molecule has 1 N–H and O–H groups in total. The van der Waals surface area contributed by atoms with E-state index in [2.05, 4.69) is 4.74 Å². The quantitative estimate of drug-likeness (QED) is 0.832. The number of ether oxygens (including phenoxy) is 2. The third-order valence-corrected chi connectivity index (χ3v) is 2.81. The molecule has 0 saturated carbocycles. The molecule has 0 radical (unpaired) electrons. The fourth-order valence-corrected chi connectivity index (χ4v) is 1.61. The summed E-state index contributed by atoms with van der Waals surface area (Å²) in [6.07, 6.45) is -6.29. The Hall–Kier alpha value is -1.27. The van der Waals surface area contributed by atoms with Crippen molar-refractivity contribution in [3.8, 4) is 5.75 Å². The first-order valence-corrected chi connectivity index (χ1v) is 4.93. The van der Waals surface area contributed by atoms with Crippen LogP contribution in [0.1, 0.15) is 11.7 Å². The predicted octanol–water partition coefficient (Wildman–Crippen LogP) is 2.06. The maximum atomic E-state index is 12.7. The van der Waals surface area contributed by atoms with Gasteiger partial charge >= 0.3 is 6.18 Å². The highest BCUT2D eigenvalue weighted by Gasteiger charge is 2.70. The van der Waals surface area contributed by atoms with Gasteiger partial charge in [0, 0.05) is 0 Å². The van der Waals surface area contributed by atoms with E-state index in [1.165, 1.54) is 31.4 Å². The maximum Gasteiger partial charge on any atom is 0.422 e. The molecule has 94 valence electrons. The van der Waals surface area contributed by atoms with E-state index in [1.807, 2.05) is 0 Å². The Morgan fingerprint density at radius 1 is 1.35 bits per heavy atom. The van der Waals surface area contributed by atoms with E-state index in [0.29, 0.717) is 5.75 Å². The highest BCUT2D eigenvalue weighted by atomic mass is 19.4. The zero-order valence-electron chi connectivity index (χ0n) is 8.99. The van der Waals surface area contributed by atoms with Gasteiger partial charge in [-0.1, -0.05) is 12.1 Å². The van der Waals surface area contributed by atoms with Crippen LogP contribution < -0.4 is 4.74 Å². The second kappa shape index (κ2) is 3.89. The van der Waals surface area contributed by atoms with Gasteiger partial charge < -0.3 is 14.6 Å². The van der Waals surface area contributed by atoms with Crippen LogP contribution in [-0.4, -0.2) is 30.6 Å². The van der Waals surface area contributed by atoms with E-state index in [9.17, 15) is 18.3 Å². The molecule has 1 fully saturated rings. The molecule has 1 aliphatic heterocycles. The summed E-state index contributed by atoms with van der Waals surface area (Å²) in [6, 6.07) is 5.76. The van der Waals surface area contributed by atoms with E-state index < -0.39 is 24.5 Å². The molecule has 2 atom stereocenters. The summed E-state index contributed by atoms with van der Waals surface area (Å²) in [5.74, 6) is 0.513. The molecular weight excluding hydrogens is 237 g/mol. The summed E-state index contributed by atoms with van der Waals surface area (Å²) in [4.78, 5) is 0. The summed E-state index contributed by atoms with van der Waals surface area (Å²) >= 11 is 0. The molecule has 1 unspecified atom stereocenters. The van der Waals surface area contributed by atoms with Gasteiger partial charge in [0.15, 0.2) is 0 Å². The standard InChI is InChI=1S/C11H11F3O3/c1-16-8-4-2-7(3-5-8)9(15)10(6-17-10)11(12,13)14/h2-5,9,15H,6H2,1H3/t9?,10-/m1/s1. The topological polar surface area (TPSA) is 42.0 Å². The van der Waals surface area contributed by atoms with E-state index in [-0.39, 0.29) is 5.56 Å². The summed E-state index contributed by atoms with van der Waals surface area (Å²) in [5, 5.41) is 9.72. The van der Waals surface area contributed by atoms with Crippen LogP contribution in [0.5, 0.6) is 5.75 Å². The molecule has 17 heavy (non-hydrogen) atoms. The molecule has 0 bridgehead atoms. The summed E-state index contributed by atoms with van der Waals surface area (Å²) < 4.78 is 47.3. The van der Waals surface area contributed by atoms with Crippen LogP contribution in [-0.2, 0) is 4.74 Å². The molecule has 1 aromatic carbocycles. The number of epoxide rings is 1. The van der Waals surface area contributed by atoms with E-state index >= 15 is 0 Å². The Labute approximate surface area is 95.8 Å². The van der Waals surface area contributed by atoms with Crippen molar-refractivity contribution >= 4 is 0 Å². The fraction of sp³-hybridized carbons (Fsp3) is 0.455. The lowest BCUT2D eigenvalue weighted by molar-refractivity contribution is -0.210. The number of alkyl halides is 3. The van der Waals surface area contributed by atoms with Gasteiger partial charge in [-0.2, -0.15) is 13.2 Å². The van der Waals surface area contributed by atoms with Crippen LogP contribution in [0.4, 0.5) is 13.2 Å². The highest BCUT2D eigenvalue weighted by molar-refractivity contribution is 5.31. The average Bonchev–Trinajstić information content (AvgIpc) is 3.08. The van der Waals surface area contributed by atoms with Crippen molar-refractivity contribution in [1.29, 1.82) is 0 Å². The fourth-order valence-electron chi connectivity index (χ4n) is 1.61. The largest absolute Gasteiger partial charge is 0.497 e. The molecule has 0 spiro atoms. The van der Waals surface area contributed by atoms with E-state index in [4.69, 9.17) is 4.74 Å². The van der Waals surface area contributed by atoms with Gasteiger partial charge in [0.2, 0.25) is 5.60 Å². The van der Waals surface area contributed by atoms with Crippen LogP contribution in [0.15, 0.2) is 24.3 Å². The van der Waals surface area contributed by atoms with Crippen molar-refractivity contribution in [3.05, 3.63) is 29.8 Å². The Kier molecular flexibility index (Phi) is 2.79. The second-order valence-corrected chi connectivity index (χ2v) is 3.85. The van der Waals surface area contributed by atoms with E-state index in [1.54, 1.807) is 0 Å². The van der Waals surface area contributed by atoms with Gasteiger partial charge in [-0.25, -0.2) is 0 Å². The molecular formula is C11H11F3O3. The number of aliphatic hydroxyl groups excluding tert-OH is 1. The third kappa shape index (κ3) is 1.98. The lowest BCUT2D eigenvalue weighted by atomic mass is 9.96. The number of aliphatic hydroxyl groups is 1. The van der Waals surface area contributed by atoms with Crippen molar-refractivity contribution < 1.29 is 27.8 Å². The van der Waals surface area contributed by atoms with Crippen molar-refractivity contribution in [3.63, 3.8) is 0 Å². The number of methoxy groups -OCH3 is 1. The smallest absolute Gasteiger partial charge is 0.422 e. The molecule has 2 rings (SSSR count). The number of benzene rings is 1. The zero-order valence-corrected chi connectivity index (χ0v) is 8.99. The summed E-state index contributed by atoms with van der Waals surface area (Å²) in [7, 11) is 1.45. The molecule has 1 aromatic rings. The Bertz CT molecular complexity index is 395. The molecule has 3 nitrogen and oxygen atoms in total. The third-order valence-electron chi connectivity index (χ3n) is 2.81. The Morgan fingerprint density at radius 3 is 2.24 bits per heavy atom. The number of rotatable bonds is 3. The molecule has 0 aromatic heterocycles. The first-order valence-electron chi connectivity index (χ1n) is 4.93. The minimum atomic E-state index is -4.58. The van der Waals surface area contributed by atoms with Gasteiger partial charge in [-0.3, -0.25) is 0 Å². The first kappa shape index (κ1) is 12.2. The summed E-state index contributed by atoms with van der Waals surface area (Å²) in [6.45, 7) is -0.510. The second-order valence-electron chi connectivity index (χ2n) is 3.85. The molecule has 0 aliphatic carbocycles. The predicted molar refractivity (Wildman–Crippen MR) is 52.7 cm³/mol. The first-order chi connectivity index (χ1) is 7.90. The molecule has 6 heteroatoms. The summed E-state index contributed by atoms with van der Waals surface area (Å²) in [5.41, 5.74) is -2.29. The van der Waals surface area contributed by atoms with Gasteiger partial charge in [0.25, 0.3) is 0 Å². The van der Waals surface area contributed by atoms with Crippen LogP contribution >= 0.6 is 0 Å². The zero-order chi connectivity index (χ0) is 12.7. The number of hydrogen-bond donors (Lipinski definition) is 1. The van der Waals surface area contributed by atoms with Crippen molar-refractivity contribution in [1.82, 2.24) is 0 Å². The van der Waals surface area contributed by atoms with Crippen LogP contribution in [0.3, 0.4) is 0 Å². The number of halogens is 3. The lowest BCUT2D eigenvalue weighted by Gasteiger charge is -2.22. The molecule has 0 amide bonds. The minimum absolute atomic E-state index is 0.153. The average molecular weight is 248 g/mol. The van der Waals surface area contributed by atoms with E-state index in [0.717, 1.165) is 0 Å². The van der Waals surface area contributed by atoms with Crippen LogP contribution in [0.25, 0.3) is 0 Å².